The monoisotopic (exact) mass is 381 g/mol. The van der Waals surface area contributed by atoms with Crippen molar-refractivity contribution in [3.63, 3.8) is 0 Å². The molecule has 130 valence electrons. The van der Waals surface area contributed by atoms with Crippen LogP contribution in [0.3, 0.4) is 0 Å². The molecule has 0 amide bonds. The summed E-state index contributed by atoms with van der Waals surface area (Å²) in [4.78, 5) is 16.4. The Morgan fingerprint density at radius 1 is 1.12 bits per heavy atom. The Kier molecular flexibility index (Phi) is 5.24. The summed E-state index contributed by atoms with van der Waals surface area (Å²) in [5, 5.41) is 18.9. The molecule has 8 heteroatoms. The van der Waals surface area contributed by atoms with Crippen molar-refractivity contribution in [2.24, 2.45) is 0 Å². The summed E-state index contributed by atoms with van der Waals surface area (Å²) in [6.45, 7) is -0.932. The van der Waals surface area contributed by atoms with Crippen molar-refractivity contribution in [3.8, 4) is 11.5 Å². The van der Waals surface area contributed by atoms with Gasteiger partial charge in [0, 0.05) is 15.6 Å². The van der Waals surface area contributed by atoms with Gasteiger partial charge in [0.1, 0.15) is 11.6 Å². The third-order valence-corrected chi connectivity index (χ3v) is 3.85. The number of rotatable bonds is 5. The topological polar surface area (TPSA) is 92.8 Å². The molecular formula is C17H13Cl2NO5. The van der Waals surface area contributed by atoms with Crippen LogP contribution in [0, 0.1) is 0 Å². The predicted octanol–water partition coefficient (Wildman–Crippen LogP) is 3.31. The average Bonchev–Trinajstić information content (AvgIpc) is 3.01. The fourth-order valence-electron chi connectivity index (χ4n) is 2.20. The number of benzene rings is 2. The summed E-state index contributed by atoms with van der Waals surface area (Å²) < 4.78 is 10.6. The number of hydrogen-bond donors (Lipinski definition) is 2. The highest BCUT2D eigenvalue weighted by Gasteiger charge is 2.17. The predicted molar refractivity (Wildman–Crippen MR) is 92.8 cm³/mol. The minimum Gasteiger partial charge on any atom is -0.454 e. The molecule has 0 fully saturated rings. The standard InChI is InChI=1S/C17H13Cl2NO5/c18-11-3-10(4-12(19)6-11)16-20-14-2-1-9(5-15(14)25-16)17(23)24-13(7-21)8-22/h1-6,13,21-22H,7-8H2. The van der Waals surface area contributed by atoms with Gasteiger partial charge in [0.15, 0.2) is 5.58 Å². The number of aliphatic hydroxyl groups excluding tert-OH is 2. The van der Waals surface area contributed by atoms with E-state index in [1.807, 2.05) is 0 Å². The number of hydrogen-bond acceptors (Lipinski definition) is 6. The van der Waals surface area contributed by atoms with Crippen molar-refractivity contribution in [2.45, 2.75) is 6.10 Å². The Labute approximate surface area is 152 Å². The van der Waals surface area contributed by atoms with Crippen LogP contribution in [-0.4, -0.2) is 40.5 Å². The normalized spacial score (nSPS) is 11.2. The Morgan fingerprint density at radius 3 is 2.44 bits per heavy atom. The first-order chi connectivity index (χ1) is 12.0. The molecule has 0 bridgehead atoms. The minimum atomic E-state index is -0.970. The van der Waals surface area contributed by atoms with Gasteiger partial charge in [0.25, 0.3) is 0 Å². The van der Waals surface area contributed by atoms with Gasteiger partial charge in [-0.3, -0.25) is 0 Å². The van der Waals surface area contributed by atoms with Crippen molar-refractivity contribution in [1.82, 2.24) is 4.98 Å². The van der Waals surface area contributed by atoms with Crippen LogP contribution in [0.15, 0.2) is 40.8 Å². The second kappa shape index (κ2) is 7.41. The van der Waals surface area contributed by atoms with Crippen LogP contribution in [0.1, 0.15) is 10.4 Å². The third-order valence-electron chi connectivity index (χ3n) is 3.41. The molecule has 2 aromatic carbocycles. The first-order valence-electron chi connectivity index (χ1n) is 7.30. The quantitative estimate of drug-likeness (QED) is 0.658. The molecular weight excluding hydrogens is 369 g/mol. The number of ether oxygens (including phenoxy) is 1. The summed E-state index contributed by atoms with van der Waals surface area (Å²) in [6.07, 6.45) is -0.970. The van der Waals surface area contributed by atoms with E-state index in [4.69, 9.17) is 42.6 Å². The van der Waals surface area contributed by atoms with E-state index in [1.165, 1.54) is 12.1 Å². The fourth-order valence-corrected chi connectivity index (χ4v) is 2.73. The number of esters is 1. The van der Waals surface area contributed by atoms with Gasteiger partial charge in [0.2, 0.25) is 5.89 Å². The maximum Gasteiger partial charge on any atom is 0.338 e. The molecule has 0 saturated heterocycles. The Bertz CT molecular complexity index is 900. The lowest BCUT2D eigenvalue weighted by Gasteiger charge is -2.12. The number of halogens is 2. The van der Waals surface area contributed by atoms with Gasteiger partial charge in [-0.25, -0.2) is 9.78 Å². The molecule has 3 rings (SSSR count). The van der Waals surface area contributed by atoms with Crippen LogP contribution >= 0.6 is 23.2 Å². The molecule has 0 atom stereocenters. The number of oxazole rings is 1. The van der Waals surface area contributed by atoms with Crippen LogP contribution in [0.5, 0.6) is 0 Å². The van der Waals surface area contributed by atoms with Crippen molar-refractivity contribution in [2.75, 3.05) is 13.2 Å². The molecule has 1 heterocycles. The lowest BCUT2D eigenvalue weighted by atomic mass is 10.2. The number of nitrogens with zero attached hydrogens (tertiary/aromatic N) is 1. The van der Waals surface area contributed by atoms with Crippen LogP contribution in [0.2, 0.25) is 10.0 Å². The second-order valence-electron chi connectivity index (χ2n) is 5.25. The van der Waals surface area contributed by atoms with Crippen molar-refractivity contribution in [1.29, 1.82) is 0 Å². The molecule has 25 heavy (non-hydrogen) atoms. The lowest BCUT2D eigenvalue weighted by Crippen LogP contribution is -2.25. The smallest absolute Gasteiger partial charge is 0.338 e. The molecule has 0 saturated carbocycles. The number of aliphatic hydroxyl groups is 2. The summed E-state index contributed by atoms with van der Waals surface area (Å²) in [7, 11) is 0. The molecule has 0 aliphatic carbocycles. The zero-order valence-corrected chi connectivity index (χ0v) is 14.3. The third kappa shape index (κ3) is 3.93. The molecule has 0 radical (unpaired) electrons. The highest BCUT2D eigenvalue weighted by molar-refractivity contribution is 6.35. The van der Waals surface area contributed by atoms with Crippen molar-refractivity contribution in [3.05, 3.63) is 52.0 Å². The van der Waals surface area contributed by atoms with Crippen LogP contribution in [-0.2, 0) is 4.74 Å². The van der Waals surface area contributed by atoms with E-state index < -0.39 is 25.3 Å². The first-order valence-corrected chi connectivity index (χ1v) is 8.05. The highest BCUT2D eigenvalue weighted by atomic mass is 35.5. The van der Waals surface area contributed by atoms with E-state index in [-0.39, 0.29) is 5.56 Å². The van der Waals surface area contributed by atoms with Crippen LogP contribution in [0.4, 0.5) is 0 Å². The Hall–Kier alpha value is -2.12. The van der Waals surface area contributed by atoms with Gasteiger partial charge >= 0.3 is 5.97 Å². The highest BCUT2D eigenvalue weighted by Crippen LogP contribution is 2.29. The summed E-state index contributed by atoms with van der Waals surface area (Å²) >= 11 is 12.0. The summed E-state index contributed by atoms with van der Waals surface area (Å²) in [5.41, 5.74) is 1.75. The molecule has 3 aromatic rings. The molecule has 0 spiro atoms. The van der Waals surface area contributed by atoms with Crippen LogP contribution < -0.4 is 0 Å². The van der Waals surface area contributed by atoms with Gasteiger partial charge in [-0.1, -0.05) is 23.2 Å². The molecule has 0 unspecified atom stereocenters. The van der Waals surface area contributed by atoms with Gasteiger partial charge in [-0.2, -0.15) is 0 Å². The van der Waals surface area contributed by atoms with Gasteiger partial charge in [0.05, 0.1) is 18.8 Å². The van der Waals surface area contributed by atoms with Gasteiger partial charge in [-0.15, -0.1) is 0 Å². The molecule has 6 nitrogen and oxygen atoms in total. The van der Waals surface area contributed by atoms with E-state index in [0.717, 1.165) is 0 Å². The van der Waals surface area contributed by atoms with E-state index >= 15 is 0 Å². The van der Waals surface area contributed by atoms with E-state index in [2.05, 4.69) is 4.98 Å². The fraction of sp³-hybridized carbons (Fsp3) is 0.176. The SMILES string of the molecule is O=C(OC(CO)CO)c1ccc2nc(-c3cc(Cl)cc(Cl)c3)oc2c1. The minimum absolute atomic E-state index is 0.214. The van der Waals surface area contributed by atoms with Crippen molar-refractivity contribution >= 4 is 40.3 Å². The molecule has 1 aromatic heterocycles. The lowest BCUT2D eigenvalue weighted by molar-refractivity contribution is -0.00544. The largest absolute Gasteiger partial charge is 0.454 e. The molecule has 0 aliphatic heterocycles. The Balaban J connectivity index is 1.92. The number of carbonyl (C=O) groups excluding carboxylic acids is 1. The average molecular weight is 382 g/mol. The van der Waals surface area contributed by atoms with E-state index in [1.54, 1.807) is 24.3 Å². The first kappa shape index (κ1) is 17.7. The summed E-state index contributed by atoms with van der Waals surface area (Å²) in [6, 6.07) is 9.54. The maximum absolute atomic E-state index is 12.0. The van der Waals surface area contributed by atoms with E-state index in [0.29, 0.717) is 32.6 Å². The van der Waals surface area contributed by atoms with E-state index in [9.17, 15) is 4.79 Å². The number of carbonyl (C=O) groups is 1. The summed E-state index contributed by atoms with van der Waals surface area (Å²) in [5.74, 6) is -0.368. The molecule has 0 aliphatic rings. The number of fused-ring (bicyclic) bond motifs is 1. The number of aromatic nitrogens is 1. The Morgan fingerprint density at radius 2 is 1.80 bits per heavy atom. The molecule has 2 N–H and O–H groups in total. The zero-order chi connectivity index (χ0) is 18.0. The maximum atomic E-state index is 12.0. The van der Waals surface area contributed by atoms with Crippen molar-refractivity contribution < 1.29 is 24.2 Å². The zero-order valence-electron chi connectivity index (χ0n) is 12.8. The van der Waals surface area contributed by atoms with Gasteiger partial charge in [-0.05, 0) is 36.4 Å². The van der Waals surface area contributed by atoms with Gasteiger partial charge < -0.3 is 19.4 Å². The second-order valence-corrected chi connectivity index (χ2v) is 6.12. The van der Waals surface area contributed by atoms with Crippen LogP contribution in [0.25, 0.3) is 22.6 Å².